The molecule has 0 unspecified atom stereocenters. The molecular weight excluding hydrogens is 282 g/mol. The molecule has 1 aliphatic heterocycles. The Morgan fingerprint density at radius 2 is 2.14 bits per heavy atom. The predicted octanol–water partition coefficient (Wildman–Crippen LogP) is 2.96. The number of rotatable bonds is 3. The van der Waals surface area contributed by atoms with Gasteiger partial charge in [-0.3, -0.25) is 0 Å². The predicted molar refractivity (Wildman–Crippen MR) is 71.4 cm³/mol. The minimum Gasteiger partial charge on any atom is -0.493 e. The highest BCUT2D eigenvalue weighted by atomic mass is 19.2. The average molecular weight is 301 g/mol. The van der Waals surface area contributed by atoms with Crippen LogP contribution in [0.1, 0.15) is 33.6 Å². The van der Waals surface area contributed by atoms with Crippen molar-refractivity contribution in [1.29, 1.82) is 0 Å². The number of carbonyl (C=O) groups is 1. The summed E-state index contributed by atoms with van der Waals surface area (Å²) in [6.45, 7) is 5.25. The van der Waals surface area contributed by atoms with Gasteiger partial charge < -0.3 is 14.6 Å². The number of halogens is 2. The van der Waals surface area contributed by atoms with Crippen LogP contribution in [0.25, 0.3) is 0 Å². The smallest absolute Gasteiger partial charge is 0.333 e. The molecule has 21 heavy (non-hydrogen) atoms. The molecule has 116 valence electrons. The summed E-state index contributed by atoms with van der Waals surface area (Å²) in [6, 6.07) is 0.466. The highest BCUT2D eigenvalue weighted by Gasteiger charge is 2.51. The van der Waals surface area contributed by atoms with Gasteiger partial charge in [-0.15, -0.1) is 0 Å². The average Bonchev–Trinajstić information content (AvgIpc) is 2.67. The second-order valence-corrected chi connectivity index (χ2v) is 5.70. The first-order chi connectivity index (χ1) is 10.1. The minimum atomic E-state index is -1.32. The molecule has 2 rings (SSSR count). The summed E-state index contributed by atoms with van der Waals surface area (Å²) in [5, 5.41) is 9.37. The van der Waals surface area contributed by atoms with Gasteiger partial charge in [0.05, 0.1) is 14.1 Å². The fraction of sp³-hybridized carbons (Fsp3) is 0.533. The van der Waals surface area contributed by atoms with Gasteiger partial charge >= 0.3 is 5.97 Å². The molecule has 6 heteroatoms. The van der Waals surface area contributed by atoms with Crippen molar-refractivity contribution in [3.8, 4) is 5.75 Å². The fourth-order valence-electron chi connectivity index (χ4n) is 2.79. The molecule has 1 N–H and O–H groups in total. The molecule has 0 amide bonds. The Balaban J connectivity index is 2.65. The van der Waals surface area contributed by atoms with Gasteiger partial charge in [-0.05, 0) is 25.8 Å². The number of aliphatic carboxylic acids is 1. The SMILES string of the molecule is [2H]c1cc([C@H]2[C@H](C(=O)O)OC(C)(C)[C@H]2C)c(OC)c(F)c1F. The van der Waals surface area contributed by atoms with Gasteiger partial charge in [0, 0.05) is 11.5 Å². The molecule has 0 spiro atoms. The van der Waals surface area contributed by atoms with Crippen LogP contribution in [0, 0.1) is 17.6 Å². The highest BCUT2D eigenvalue weighted by molar-refractivity contribution is 5.75. The maximum Gasteiger partial charge on any atom is 0.333 e. The van der Waals surface area contributed by atoms with Gasteiger partial charge in [0.15, 0.2) is 17.7 Å². The lowest BCUT2D eigenvalue weighted by molar-refractivity contribution is -0.153. The van der Waals surface area contributed by atoms with Gasteiger partial charge in [-0.25, -0.2) is 9.18 Å². The maximum absolute atomic E-state index is 14.0. The number of hydrogen-bond donors (Lipinski definition) is 1. The highest BCUT2D eigenvalue weighted by Crippen LogP contribution is 2.48. The zero-order valence-electron chi connectivity index (χ0n) is 13.2. The molecule has 0 bridgehead atoms. The van der Waals surface area contributed by atoms with Crippen LogP contribution < -0.4 is 4.74 Å². The van der Waals surface area contributed by atoms with E-state index in [-0.39, 0.29) is 17.2 Å². The Morgan fingerprint density at radius 3 is 2.67 bits per heavy atom. The zero-order valence-corrected chi connectivity index (χ0v) is 12.2. The normalized spacial score (nSPS) is 28.3. The number of carboxylic acids is 1. The second kappa shape index (κ2) is 5.26. The van der Waals surface area contributed by atoms with E-state index in [0.717, 1.165) is 6.07 Å². The van der Waals surface area contributed by atoms with Crippen LogP contribution in [0.2, 0.25) is 0 Å². The van der Waals surface area contributed by atoms with Crippen molar-refractivity contribution < 1.29 is 29.5 Å². The van der Waals surface area contributed by atoms with E-state index in [1.807, 2.05) is 0 Å². The third-order valence-electron chi connectivity index (χ3n) is 4.21. The lowest BCUT2D eigenvalue weighted by Crippen LogP contribution is -2.27. The van der Waals surface area contributed by atoms with Gasteiger partial charge in [-0.2, -0.15) is 4.39 Å². The van der Waals surface area contributed by atoms with E-state index < -0.39 is 41.3 Å². The molecule has 0 radical (unpaired) electrons. The molecule has 1 saturated heterocycles. The van der Waals surface area contributed by atoms with Crippen LogP contribution in [-0.2, 0) is 9.53 Å². The molecule has 3 atom stereocenters. The van der Waals surface area contributed by atoms with Crippen molar-refractivity contribution in [3.63, 3.8) is 0 Å². The molecular formula is C15H18F2O4. The molecule has 0 aromatic heterocycles. The van der Waals surface area contributed by atoms with Crippen LogP contribution >= 0.6 is 0 Å². The maximum atomic E-state index is 14.0. The Kier molecular flexibility index (Phi) is 3.57. The number of methoxy groups -OCH3 is 1. The van der Waals surface area contributed by atoms with Crippen LogP contribution in [0.3, 0.4) is 0 Å². The summed E-state index contributed by atoms with van der Waals surface area (Å²) in [6.07, 6.45) is -1.22. The van der Waals surface area contributed by atoms with Crippen LogP contribution in [0.15, 0.2) is 12.1 Å². The van der Waals surface area contributed by atoms with Crippen molar-refractivity contribution in [1.82, 2.24) is 0 Å². The van der Waals surface area contributed by atoms with Crippen LogP contribution in [-0.4, -0.2) is 29.9 Å². The fourth-order valence-corrected chi connectivity index (χ4v) is 2.79. The van der Waals surface area contributed by atoms with Gasteiger partial charge in [0.25, 0.3) is 0 Å². The Bertz CT molecular complexity index is 618. The van der Waals surface area contributed by atoms with Gasteiger partial charge in [-0.1, -0.05) is 13.0 Å². The molecule has 0 aliphatic carbocycles. The lowest BCUT2D eigenvalue weighted by atomic mass is 9.78. The van der Waals surface area contributed by atoms with Crippen molar-refractivity contribution in [3.05, 3.63) is 29.3 Å². The topological polar surface area (TPSA) is 55.8 Å². The van der Waals surface area contributed by atoms with E-state index in [1.54, 1.807) is 20.8 Å². The Labute approximate surface area is 123 Å². The van der Waals surface area contributed by atoms with Crippen LogP contribution in [0.4, 0.5) is 8.78 Å². The summed E-state index contributed by atoms with van der Waals surface area (Å²) in [5.74, 6) is -5.23. The monoisotopic (exact) mass is 301 g/mol. The molecule has 4 nitrogen and oxygen atoms in total. The van der Waals surface area contributed by atoms with E-state index in [2.05, 4.69) is 0 Å². The molecule has 1 aromatic carbocycles. The minimum absolute atomic E-state index is 0.136. The van der Waals surface area contributed by atoms with Crippen LogP contribution in [0.5, 0.6) is 5.75 Å². The summed E-state index contributed by atoms with van der Waals surface area (Å²) in [4.78, 5) is 11.5. The Morgan fingerprint density at radius 1 is 1.52 bits per heavy atom. The Hall–Kier alpha value is -1.69. The van der Waals surface area contributed by atoms with Crippen molar-refractivity contribution >= 4 is 5.97 Å². The standard InChI is InChI=1S/C15H18F2O4/c1-7-10(13(14(18)19)21-15(7,2)3)8-5-6-9(16)11(17)12(8)20-4/h5-7,10,13H,1-4H3,(H,18,19)/t7-,10-,13+/m0/s1/i6D. The summed E-state index contributed by atoms with van der Waals surface area (Å²) < 4.78 is 45.6. The molecule has 0 saturated carbocycles. The molecule has 1 heterocycles. The second-order valence-electron chi connectivity index (χ2n) is 5.70. The number of carboxylic acid groups (broad SMARTS) is 1. The van der Waals surface area contributed by atoms with E-state index in [1.165, 1.54) is 7.11 Å². The molecule has 1 aliphatic rings. The number of ether oxygens (including phenoxy) is 2. The quantitative estimate of drug-likeness (QED) is 0.932. The van der Waals surface area contributed by atoms with Crippen molar-refractivity contribution in [2.45, 2.75) is 38.4 Å². The molecule has 1 fully saturated rings. The van der Waals surface area contributed by atoms with Gasteiger partial charge in [0.2, 0.25) is 5.82 Å². The van der Waals surface area contributed by atoms with E-state index in [9.17, 15) is 18.7 Å². The zero-order chi connectivity index (χ0) is 16.8. The summed E-state index contributed by atoms with van der Waals surface area (Å²) in [7, 11) is 1.17. The third-order valence-corrected chi connectivity index (χ3v) is 4.21. The number of hydrogen-bond acceptors (Lipinski definition) is 3. The first kappa shape index (κ1) is 14.3. The lowest BCUT2D eigenvalue weighted by Gasteiger charge is -2.25. The number of benzene rings is 1. The first-order valence-corrected chi connectivity index (χ1v) is 6.55. The van der Waals surface area contributed by atoms with Crippen molar-refractivity contribution in [2.24, 2.45) is 5.92 Å². The first-order valence-electron chi connectivity index (χ1n) is 7.05. The van der Waals surface area contributed by atoms with E-state index in [0.29, 0.717) is 0 Å². The van der Waals surface area contributed by atoms with E-state index in [4.69, 9.17) is 10.8 Å². The van der Waals surface area contributed by atoms with E-state index >= 15 is 0 Å². The summed E-state index contributed by atoms with van der Waals surface area (Å²) in [5.41, 5.74) is -0.622. The summed E-state index contributed by atoms with van der Waals surface area (Å²) >= 11 is 0. The van der Waals surface area contributed by atoms with Gasteiger partial charge in [0.1, 0.15) is 0 Å². The largest absolute Gasteiger partial charge is 0.493 e. The van der Waals surface area contributed by atoms with Crippen molar-refractivity contribution in [2.75, 3.05) is 7.11 Å². The molecule has 1 aromatic rings. The third kappa shape index (κ3) is 2.48.